The molecule has 2 atom stereocenters. The van der Waals surface area contributed by atoms with Gasteiger partial charge in [0, 0.05) is 10.5 Å². The number of hydrogen-bond donors (Lipinski definition) is 0. The molecule has 1 aliphatic carbocycles. The van der Waals surface area contributed by atoms with Crippen LogP contribution >= 0.6 is 11.8 Å². The van der Waals surface area contributed by atoms with Crippen molar-refractivity contribution in [2.24, 2.45) is 5.92 Å². The molecule has 11 heavy (non-hydrogen) atoms. The van der Waals surface area contributed by atoms with Crippen molar-refractivity contribution in [2.45, 2.75) is 44.1 Å². The SMILES string of the molecule is CC1=C(C(C)C)C2CC(C1)S2. The van der Waals surface area contributed by atoms with Crippen LogP contribution in [-0.4, -0.2) is 10.5 Å². The highest BCUT2D eigenvalue weighted by atomic mass is 32.2. The average molecular weight is 168 g/mol. The van der Waals surface area contributed by atoms with E-state index < -0.39 is 0 Å². The quantitative estimate of drug-likeness (QED) is 0.542. The first-order valence-electron chi connectivity index (χ1n) is 4.53. The topological polar surface area (TPSA) is 0 Å². The Hall–Kier alpha value is 0.0900. The minimum Gasteiger partial charge on any atom is -0.150 e. The summed E-state index contributed by atoms with van der Waals surface area (Å²) in [7, 11) is 0. The summed E-state index contributed by atoms with van der Waals surface area (Å²) in [5.41, 5.74) is 3.46. The summed E-state index contributed by atoms with van der Waals surface area (Å²) in [6, 6.07) is 0. The second kappa shape index (κ2) is 2.55. The van der Waals surface area contributed by atoms with Gasteiger partial charge in [-0.2, -0.15) is 11.8 Å². The summed E-state index contributed by atoms with van der Waals surface area (Å²) in [6.45, 7) is 6.99. The highest BCUT2D eigenvalue weighted by Crippen LogP contribution is 2.51. The fourth-order valence-corrected chi connectivity index (χ4v) is 4.11. The minimum atomic E-state index is 0.786. The van der Waals surface area contributed by atoms with Crippen molar-refractivity contribution in [3.05, 3.63) is 11.1 Å². The molecule has 0 spiro atoms. The van der Waals surface area contributed by atoms with Crippen molar-refractivity contribution in [2.75, 3.05) is 0 Å². The van der Waals surface area contributed by atoms with Crippen molar-refractivity contribution in [1.29, 1.82) is 0 Å². The van der Waals surface area contributed by atoms with E-state index in [1.54, 1.807) is 11.1 Å². The molecule has 2 aliphatic heterocycles. The zero-order valence-corrected chi connectivity index (χ0v) is 8.37. The molecular formula is C10H16S. The third-order valence-electron chi connectivity index (χ3n) is 2.83. The normalized spacial score (nSPS) is 36.0. The fraction of sp³-hybridized carbons (Fsp3) is 0.800. The molecule has 1 fully saturated rings. The number of hydrogen-bond acceptors (Lipinski definition) is 1. The predicted octanol–water partition coefficient (Wildman–Crippen LogP) is 3.24. The molecule has 3 aliphatic rings. The van der Waals surface area contributed by atoms with E-state index in [-0.39, 0.29) is 0 Å². The highest BCUT2D eigenvalue weighted by Gasteiger charge is 2.38. The van der Waals surface area contributed by atoms with Crippen LogP contribution in [0.1, 0.15) is 33.6 Å². The molecule has 0 aromatic rings. The highest BCUT2D eigenvalue weighted by molar-refractivity contribution is 8.02. The molecule has 2 heterocycles. The summed E-state index contributed by atoms with van der Waals surface area (Å²) >= 11 is 2.20. The summed E-state index contributed by atoms with van der Waals surface area (Å²) < 4.78 is 0. The van der Waals surface area contributed by atoms with Crippen LogP contribution in [0.4, 0.5) is 0 Å². The van der Waals surface area contributed by atoms with Gasteiger partial charge >= 0.3 is 0 Å². The number of rotatable bonds is 1. The predicted molar refractivity (Wildman–Crippen MR) is 51.9 cm³/mol. The minimum absolute atomic E-state index is 0.786. The second-order valence-electron chi connectivity index (χ2n) is 4.08. The van der Waals surface area contributed by atoms with Gasteiger partial charge in [0.15, 0.2) is 0 Å². The molecule has 1 saturated heterocycles. The first kappa shape index (κ1) is 7.72. The van der Waals surface area contributed by atoms with Crippen molar-refractivity contribution in [3.63, 3.8) is 0 Å². The number of fused-ring (bicyclic) bond motifs is 1. The van der Waals surface area contributed by atoms with Gasteiger partial charge in [-0.1, -0.05) is 25.0 Å². The maximum Gasteiger partial charge on any atom is 0.0275 e. The average Bonchev–Trinajstić information content (AvgIpc) is 1.83. The molecule has 0 N–H and O–H groups in total. The molecule has 0 amide bonds. The molecule has 3 rings (SSSR count). The third-order valence-corrected chi connectivity index (χ3v) is 4.35. The second-order valence-corrected chi connectivity index (χ2v) is 5.58. The van der Waals surface area contributed by atoms with Crippen LogP contribution in [0.5, 0.6) is 0 Å². The Kier molecular flexibility index (Phi) is 1.79. The number of allylic oxidation sites excluding steroid dienone is 1. The first-order chi connectivity index (χ1) is 5.18. The molecular weight excluding hydrogens is 152 g/mol. The Labute approximate surface area is 73.4 Å². The van der Waals surface area contributed by atoms with Gasteiger partial charge < -0.3 is 0 Å². The van der Waals surface area contributed by atoms with E-state index in [1.807, 2.05) is 0 Å². The van der Waals surface area contributed by atoms with Crippen LogP contribution < -0.4 is 0 Å². The van der Waals surface area contributed by atoms with E-state index in [4.69, 9.17) is 0 Å². The Morgan fingerprint density at radius 2 is 2.09 bits per heavy atom. The summed E-state index contributed by atoms with van der Waals surface area (Å²) in [5.74, 6) is 0.786. The van der Waals surface area contributed by atoms with Gasteiger partial charge in [-0.25, -0.2) is 0 Å². The first-order valence-corrected chi connectivity index (χ1v) is 5.47. The van der Waals surface area contributed by atoms with Gasteiger partial charge in [-0.3, -0.25) is 0 Å². The monoisotopic (exact) mass is 168 g/mol. The molecule has 0 radical (unpaired) electrons. The van der Waals surface area contributed by atoms with E-state index in [0.29, 0.717) is 0 Å². The van der Waals surface area contributed by atoms with Crippen LogP contribution in [0.3, 0.4) is 0 Å². The molecule has 62 valence electrons. The molecule has 0 aromatic carbocycles. The van der Waals surface area contributed by atoms with Crippen LogP contribution in [-0.2, 0) is 0 Å². The van der Waals surface area contributed by atoms with Crippen LogP contribution in [0.25, 0.3) is 0 Å². The van der Waals surface area contributed by atoms with Crippen molar-refractivity contribution in [1.82, 2.24) is 0 Å². The summed E-state index contributed by atoms with van der Waals surface area (Å²) in [6.07, 6.45) is 2.84. The molecule has 2 bridgehead atoms. The van der Waals surface area contributed by atoms with E-state index in [9.17, 15) is 0 Å². The lowest BCUT2D eigenvalue weighted by molar-refractivity contribution is 0.581. The van der Waals surface area contributed by atoms with E-state index in [0.717, 1.165) is 16.4 Å². The standard InChI is InChI=1S/C10H16S/c1-6(2)10-7(3)4-8-5-9(10)11-8/h6,8-9H,4-5H2,1-3H3. The zero-order chi connectivity index (χ0) is 8.01. The summed E-state index contributed by atoms with van der Waals surface area (Å²) in [5, 5.41) is 1.90. The van der Waals surface area contributed by atoms with Gasteiger partial charge in [0.25, 0.3) is 0 Å². The number of thioether (sulfide) groups is 1. The van der Waals surface area contributed by atoms with Gasteiger partial charge in [0.2, 0.25) is 0 Å². The van der Waals surface area contributed by atoms with Gasteiger partial charge in [-0.15, -0.1) is 0 Å². The summed E-state index contributed by atoms with van der Waals surface area (Å²) in [4.78, 5) is 0. The van der Waals surface area contributed by atoms with Crippen molar-refractivity contribution in [3.8, 4) is 0 Å². The maximum atomic E-state index is 2.33. The van der Waals surface area contributed by atoms with Gasteiger partial charge in [0.05, 0.1) is 0 Å². The fourth-order valence-electron chi connectivity index (χ4n) is 2.39. The molecule has 0 saturated carbocycles. The lowest BCUT2D eigenvalue weighted by Crippen LogP contribution is -2.35. The Morgan fingerprint density at radius 1 is 1.45 bits per heavy atom. The molecule has 0 aromatic heterocycles. The van der Waals surface area contributed by atoms with Crippen LogP contribution in [0, 0.1) is 5.92 Å². The Bertz CT molecular complexity index is 197. The van der Waals surface area contributed by atoms with Crippen LogP contribution in [0.15, 0.2) is 11.1 Å². The van der Waals surface area contributed by atoms with E-state index in [1.165, 1.54) is 12.8 Å². The maximum absolute atomic E-state index is 2.33. The molecule has 0 nitrogen and oxygen atoms in total. The smallest absolute Gasteiger partial charge is 0.0275 e. The Morgan fingerprint density at radius 3 is 2.45 bits per heavy atom. The van der Waals surface area contributed by atoms with E-state index in [2.05, 4.69) is 32.5 Å². The lowest BCUT2D eigenvalue weighted by Gasteiger charge is -2.44. The van der Waals surface area contributed by atoms with Crippen molar-refractivity contribution >= 4 is 11.8 Å². The molecule has 1 heteroatoms. The molecule has 2 unspecified atom stereocenters. The van der Waals surface area contributed by atoms with E-state index >= 15 is 0 Å². The Balaban J connectivity index is 2.25. The largest absolute Gasteiger partial charge is 0.150 e. The van der Waals surface area contributed by atoms with Crippen molar-refractivity contribution < 1.29 is 0 Å². The van der Waals surface area contributed by atoms with Gasteiger partial charge in [0.1, 0.15) is 0 Å². The third kappa shape index (κ3) is 1.14. The van der Waals surface area contributed by atoms with Gasteiger partial charge in [-0.05, 0) is 25.7 Å². The zero-order valence-electron chi connectivity index (χ0n) is 7.55. The van der Waals surface area contributed by atoms with Crippen LogP contribution in [0.2, 0.25) is 0 Å². The lowest BCUT2D eigenvalue weighted by atomic mass is 9.84.